The summed E-state index contributed by atoms with van der Waals surface area (Å²) in [6, 6.07) is 0.814. The Kier molecular flexibility index (Phi) is 6.57. The number of carbonyl (C=O) groups is 1. The second kappa shape index (κ2) is 8.88. The molecule has 3 rings (SSSR count). The third kappa shape index (κ3) is 5.96. The molecule has 2 saturated carbocycles. The first kappa shape index (κ1) is 17.0. The minimum absolute atomic E-state index is 0.0423. The lowest BCUT2D eigenvalue weighted by atomic mass is 10.1. The van der Waals surface area contributed by atoms with E-state index in [0.29, 0.717) is 25.2 Å². The lowest BCUT2D eigenvalue weighted by Gasteiger charge is -2.17. The molecule has 2 aliphatic carbocycles. The average molecular weight is 323 g/mol. The van der Waals surface area contributed by atoms with E-state index >= 15 is 0 Å². The number of carbonyl (C=O) groups excluding carboxylic acids is 1. The molecule has 1 aliphatic heterocycles. The molecule has 1 heterocycles. The summed E-state index contributed by atoms with van der Waals surface area (Å²) in [5, 5.41) is 5.94. The maximum atomic E-state index is 11.8. The molecule has 0 spiro atoms. The van der Waals surface area contributed by atoms with Crippen LogP contribution in [-0.4, -0.2) is 55.9 Å². The fourth-order valence-electron chi connectivity index (χ4n) is 3.90. The molecule has 0 aromatic carbocycles. The molecule has 0 bridgehead atoms. The summed E-state index contributed by atoms with van der Waals surface area (Å²) >= 11 is 0. The lowest BCUT2D eigenvalue weighted by Crippen LogP contribution is -2.40. The Morgan fingerprint density at radius 3 is 2.52 bits per heavy atom. The van der Waals surface area contributed by atoms with Gasteiger partial charge < -0.3 is 20.3 Å². The van der Waals surface area contributed by atoms with E-state index in [1.165, 1.54) is 64.3 Å². The Hall–Kier alpha value is -0.810. The summed E-state index contributed by atoms with van der Waals surface area (Å²) in [6.45, 7) is 4.43. The molecular weight excluding hydrogens is 290 g/mol. The van der Waals surface area contributed by atoms with Gasteiger partial charge in [0.2, 0.25) is 0 Å². The minimum Gasteiger partial charge on any atom is -0.376 e. The molecule has 1 saturated heterocycles. The van der Waals surface area contributed by atoms with Gasteiger partial charge in [0.15, 0.2) is 0 Å². The number of amides is 2. The number of hydrogen-bond donors (Lipinski definition) is 2. The summed E-state index contributed by atoms with van der Waals surface area (Å²) in [5.41, 5.74) is 0. The molecule has 23 heavy (non-hydrogen) atoms. The summed E-state index contributed by atoms with van der Waals surface area (Å²) in [6.07, 6.45) is 12.0. The second-order valence-corrected chi connectivity index (χ2v) is 7.50. The van der Waals surface area contributed by atoms with Gasteiger partial charge in [0.1, 0.15) is 0 Å². The van der Waals surface area contributed by atoms with Crippen LogP contribution in [0.15, 0.2) is 0 Å². The van der Waals surface area contributed by atoms with E-state index in [1.807, 2.05) is 0 Å². The fraction of sp³-hybridized carbons (Fsp3) is 0.944. The summed E-state index contributed by atoms with van der Waals surface area (Å²) in [7, 11) is 0. The Labute approximate surface area is 140 Å². The van der Waals surface area contributed by atoms with Crippen LogP contribution in [0.25, 0.3) is 0 Å². The van der Waals surface area contributed by atoms with Crippen molar-refractivity contribution in [1.29, 1.82) is 0 Å². The van der Waals surface area contributed by atoms with Gasteiger partial charge >= 0.3 is 6.03 Å². The van der Waals surface area contributed by atoms with Crippen LogP contribution in [0, 0.1) is 5.92 Å². The van der Waals surface area contributed by atoms with E-state index in [9.17, 15) is 4.79 Å². The van der Waals surface area contributed by atoms with Crippen molar-refractivity contribution >= 4 is 6.03 Å². The summed E-state index contributed by atoms with van der Waals surface area (Å²) in [4.78, 5) is 14.4. The van der Waals surface area contributed by atoms with Crippen LogP contribution in [0.2, 0.25) is 0 Å². The van der Waals surface area contributed by atoms with E-state index in [-0.39, 0.29) is 6.03 Å². The van der Waals surface area contributed by atoms with Crippen molar-refractivity contribution < 1.29 is 9.53 Å². The summed E-state index contributed by atoms with van der Waals surface area (Å²) in [5.74, 6) is 0.628. The van der Waals surface area contributed by atoms with Crippen LogP contribution in [-0.2, 0) is 4.74 Å². The van der Waals surface area contributed by atoms with Crippen LogP contribution < -0.4 is 10.6 Å². The number of nitrogens with one attached hydrogen (secondary N) is 2. The van der Waals surface area contributed by atoms with Crippen molar-refractivity contribution in [1.82, 2.24) is 15.5 Å². The van der Waals surface area contributed by atoms with Crippen LogP contribution in [0.1, 0.15) is 57.8 Å². The van der Waals surface area contributed by atoms with Gasteiger partial charge in [-0.05, 0) is 44.6 Å². The van der Waals surface area contributed by atoms with E-state index in [1.54, 1.807) is 0 Å². The van der Waals surface area contributed by atoms with E-state index < -0.39 is 0 Å². The van der Waals surface area contributed by atoms with Gasteiger partial charge in [-0.2, -0.15) is 0 Å². The number of hydrogen-bond acceptors (Lipinski definition) is 3. The molecule has 3 fully saturated rings. The van der Waals surface area contributed by atoms with Gasteiger partial charge in [-0.1, -0.05) is 25.7 Å². The average Bonchev–Trinajstić information content (AvgIpc) is 3.35. The molecule has 0 aromatic heterocycles. The van der Waals surface area contributed by atoms with Crippen molar-refractivity contribution in [3.63, 3.8) is 0 Å². The lowest BCUT2D eigenvalue weighted by molar-refractivity contribution is 0.0460. The first-order valence-corrected chi connectivity index (χ1v) is 9.68. The zero-order chi connectivity index (χ0) is 15.9. The van der Waals surface area contributed by atoms with E-state index in [0.717, 1.165) is 19.1 Å². The molecule has 0 aromatic rings. The molecular formula is C18H33N3O2. The fourth-order valence-corrected chi connectivity index (χ4v) is 3.90. The molecule has 132 valence electrons. The molecule has 2 amide bonds. The van der Waals surface area contributed by atoms with Crippen molar-refractivity contribution in [3.05, 3.63) is 0 Å². The number of rotatable bonds is 7. The predicted octanol–water partition coefficient (Wildman–Crippen LogP) is 2.51. The Bertz CT molecular complexity index is 365. The second-order valence-electron chi connectivity index (χ2n) is 7.50. The van der Waals surface area contributed by atoms with Gasteiger partial charge in [-0.3, -0.25) is 0 Å². The van der Waals surface area contributed by atoms with Gasteiger partial charge in [0.05, 0.1) is 12.7 Å². The Morgan fingerprint density at radius 2 is 1.78 bits per heavy atom. The number of ether oxygens (including phenoxy) is 1. The van der Waals surface area contributed by atoms with Crippen LogP contribution in [0.4, 0.5) is 4.79 Å². The smallest absolute Gasteiger partial charge is 0.314 e. The molecule has 0 unspecified atom stereocenters. The van der Waals surface area contributed by atoms with Gasteiger partial charge in [0.25, 0.3) is 0 Å². The topological polar surface area (TPSA) is 53.6 Å². The first-order chi connectivity index (χ1) is 11.3. The highest BCUT2D eigenvalue weighted by atomic mass is 16.5. The quantitative estimate of drug-likeness (QED) is 0.559. The van der Waals surface area contributed by atoms with Crippen molar-refractivity contribution in [2.75, 3.05) is 32.8 Å². The third-order valence-corrected chi connectivity index (χ3v) is 5.48. The van der Waals surface area contributed by atoms with Crippen molar-refractivity contribution in [2.24, 2.45) is 5.92 Å². The summed E-state index contributed by atoms with van der Waals surface area (Å²) < 4.78 is 5.89. The predicted molar refractivity (Wildman–Crippen MR) is 91.5 cm³/mol. The molecule has 5 heteroatoms. The van der Waals surface area contributed by atoms with Gasteiger partial charge in [-0.25, -0.2) is 4.79 Å². The number of urea groups is 1. The maximum Gasteiger partial charge on any atom is 0.314 e. The highest BCUT2D eigenvalue weighted by molar-refractivity contribution is 5.73. The Morgan fingerprint density at radius 1 is 1.00 bits per heavy atom. The van der Waals surface area contributed by atoms with Crippen LogP contribution in [0.3, 0.4) is 0 Å². The molecule has 3 aliphatic rings. The van der Waals surface area contributed by atoms with Crippen LogP contribution in [0.5, 0.6) is 0 Å². The van der Waals surface area contributed by atoms with E-state index in [2.05, 4.69) is 15.5 Å². The molecule has 5 nitrogen and oxygen atoms in total. The standard InChI is InChI=1S/C18H33N3O2/c22-18(19-10-12-23-17-5-3-1-2-4-6-17)20-13-15-9-11-21(14-15)16-7-8-16/h15-17H,1-14H2,(H2,19,20,22)/t15-/m1/s1. The van der Waals surface area contributed by atoms with Gasteiger partial charge in [0, 0.05) is 25.7 Å². The van der Waals surface area contributed by atoms with Gasteiger partial charge in [-0.15, -0.1) is 0 Å². The molecule has 2 N–H and O–H groups in total. The van der Waals surface area contributed by atoms with Crippen molar-refractivity contribution in [3.8, 4) is 0 Å². The van der Waals surface area contributed by atoms with Crippen molar-refractivity contribution in [2.45, 2.75) is 69.9 Å². The largest absolute Gasteiger partial charge is 0.376 e. The normalized spacial score (nSPS) is 26.9. The van der Waals surface area contributed by atoms with Crippen LogP contribution >= 0.6 is 0 Å². The first-order valence-electron chi connectivity index (χ1n) is 9.68. The number of likely N-dealkylation sites (tertiary alicyclic amines) is 1. The molecule has 0 radical (unpaired) electrons. The third-order valence-electron chi connectivity index (χ3n) is 5.48. The SMILES string of the molecule is O=C(NCCOC1CCCCCC1)NC[C@H]1CCN(C2CC2)C1. The number of nitrogens with zero attached hydrogens (tertiary/aromatic N) is 1. The van der Waals surface area contributed by atoms with E-state index in [4.69, 9.17) is 4.74 Å². The highest BCUT2D eigenvalue weighted by Gasteiger charge is 2.34. The monoisotopic (exact) mass is 323 g/mol. The molecule has 1 atom stereocenters. The maximum absolute atomic E-state index is 11.8. The minimum atomic E-state index is -0.0423. The zero-order valence-electron chi connectivity index (χ0n) is 14.4. The zero-order valence-corrected chi connectivity index (χ0v) is 14.4. The highest BCUT2D eigenvalue weighted by Crippen LogP contribution is 2.31. The Balaban J connectivity index is 1.20.